The highest BCUT2D eigenvalue weighted by Gasteiger charge is 2.19. The van der Waals surface area contributed by atoms with Gasteiger partial charge in [-0.15, -0.1) is 0 Å². The van der Waals surface area contributed by atoms with Gasteiger partial charge in [-0.3, -0.25) is 4.99 Å². The first-order chi connectivity index (χ1) is 15.9. The van der Waals surface area contributed by atoms with E-state index in [0.29, 0.717) is 32.8 Å². The summed E-state index contributed by atoms with van der Waals surface area (Å²) < 4.78 is 16.4. The maximum Gasteiger partial charge on any atom is 0.380 e. The van der Waals surface area contributed by atoms with Crippen molar-refractivity contribution in [2.75, 3.05) is 14.2 Å². The van der Waals surface area contributed by atoms with Gasteiger partial charge in [0.25, 0.3) is 0 Å². The smallest absolute Gasteiger partial charge is 0.380 e. The molecule has 168 valence electrons. The van der Waals surface area contributed by atoms with Gasteiger partial charge in [0.05, 0.1) is 30.0 Å². The van der Waals surface area contributed by atoms with Gasteiger partial charge in [-0.05, 0) is 75.6 Å². The Morgan fingerprint density at radius 3 is 2.27 bits per heavy atom. The molecule has 7 nitrogen and oxygen atoms in total. The summed E-state index contributed by atoms with van der Waals surface area (Å²) in [4.78, 5) is 28.0. The molecule has 0 bridgehead atoms. The summed E-state index contributed by atoms with van der Waals surface area (Å²) in [6.07, 6.45) is 1.59. The average Bonchev–Trinajstić information content (AvgIpc) is 2.83. The fraction of sp³-hybridized carbons (Fsp3) is 0.0800. The summed E-state index contributed by atoms with van der Waals surface area (Å²) in [6.45, 7) is 0. The van der Waals surface area contributed by atoms with Crippen molar-refractivity contribution < 1.29 is 28.9 Å². The molecule has 0 spiro atoms. The van der Waals surface area contributed by atoms with E-state index < -0.39 is 11.9 Å². The number of aromatic carboxylic acids is 1. The lowest BCUT2D eigenvalue weighted by molar-refractivity contribution is -0.133. The van der Waals surface area contributed by atoms with E-state index in [9.17, 15) is 9.59 Å². The molecule has 0 heterocycles. The first kappa shape index (κ1) is 23.7. The Morgan fingerprint density at radius 2 is 1.61 bits per heavy atom. The molecular weight excluding hydrogens is 490 g/mol. The van der Waals surface area contributed by atoms with Gasteiger partial charge in [-0.25, -0.2) is 9.59 Å². The fourth-order valence-electron chi connectivity index (χ4n) is 2.80. The summed E-state index contributed by atoms with van der Waals surface area (Å²) in [7, 11) is 2.94. The van der Waals surface area contributed by atoms with E-state index in [1.54, 1.807) is 74.0 Å². The molecule has 0 saturated carbocycles. The molecule has 0 amide bonds. The molecule has 0 aromatic heterocycles. The van der Waals surface area contributed by atoms with Gasteiger partial charge in [-0.1, -0.05) is 24.3 Å². The second kappa shape index (κ2) is 11.1. The van der Waals surface area contributed by atoms with Crippen LogP contribution in [-0.4, -0.2) is 37.5 Å². The van der Waals surface area contributed by atoms with E-state index in [4.69, 9.17) is 19.3 Å². The Labute approximate surface area is 199 Å². The minimum Gasteiger partial charge on any atom is -0.497 e. The molecule has 1 N–H and O–H groups in total. The van der Waals surface area contributed by atoms with Gasteiger partial charge in [0.2, 0.25) is 5.76 Å². The highest BCUT2D eigenvalue weighted by atomic mass is 79.9. The lowest BCUT2D eigenvalue weighted by atomic mass is 10.2. The van der Waals surface area contributed by atoms with E-state index in [1.165, 1.54) is 19.2 Å². The number of ether oxygens (including phenoxy) is 3. The third-order valence-corrected chi connectivity index (χ3v) is 5.28. The van der Waals surface area contributed by atoms with Gasteiger partial charge in [0, 0.05) is 6.21 Å². The molecule has 0 saturated heterocycles. The van der Waals surface area contributed by atoms with Crippen molar-refractivity contribution >= 4 is 44.3 Å². The third kappa shape index (κ3) is 6.30. The topological polar surface area (TPSA) is 94.4 Å². The quantitative estimate of drug-likeness (QED) is 0.142. The highest BCUT2D eigenvalue weighted by molar-refractivity contribution is 9.15. The van der Waals surface area contributed by atoms with Crippen LogP contribution in [0.5, 0.6) is 11.5 Å². The van der Waals surface area contributed by atoms with Crippen LogP contribution in [0.3, 0.4) is 0 Å². The Morgan fingerprint density at radius 1 is 0.909 bits per heavy atom. The van der Waals surface area contributed by atoms with Crippen LogP contribution in [-0.2, 0) is 9.53 Å². The van der Waals surface area contributed by atoms with Gasteiger partial charge in [0.15, 0.2) is 0 Å². The third-order valence-electron chi connectivity index (χ3n) is 4.46. The lowest BCUT2D eigenvalue weighted by Gasteiger charge is -2.11. The van der Waals surface area contributed by atoms with Gasteiger partial charge in [-0.2, -0.15) is 0 Å². The molecule has 3 aromatic carbocycles. The van der Waals surface area contributed by atoms with Crippen molar-refractivity contribution in [1.82, 2.24) is 0 Å². The van der Waals surface area contributed by atoms with Crippen molar-refractivity contribution in [3.63, 3.8) is 0 Å². The van der Waals surface area contributed by atoms with E-state index in [1.807, 2.05) is 0 Å². The van der Waals surface area contributed by atoms with E-state index >= 15 is 0 Å². The summed E-state index contributed by atoms with van der Waals surface area (Å²) >= 11 is 3.41. The van der Waals surface area contributed by atoms with Crippen LogP contribution in [0.25, 0.3) is 4.48 Å². The Bertz CT molecular complexity index is 1220. The lowest BCUT2D eigenvalue weighted by Crippen LogP contribution is -2.14. The normalized spacial score (nSPS) is 11.6. The van der Waals surface area contributed by atoms with Crippen molar-refractivity contribution in [3.05, 3.63) is 95.2 Å². The van der Waals surface area contributed by atoms with E-state index in [-0.39, 0.29) is 11.3 Å². The predicted octanol–water partition coefficient (Wildman–Crippen LogP) is 5.46. The molecule has 0 aliphatic rings. The number of nitrogens with zero attached hydrogens (tertiary/aromatic N) is 1. The average molecular weight is 510 g/mol. The molecule has 3 aromatic rings. The van der Waals surface area contributed by atoms with Gasteiger partial charge >= 0.3 is 11.9 Å². The number of hydrogen-bond donors (Lipinski definition) is 1. The van der Waals surface area contributed by atoms with Gasteiger partial charge < -0.3 is 19.3 Å². The highest BCUT2D eigenvalue weighted by Crippen LogP contribution is 2.29. The Hall–Kier alpha value is -3.91. The number of rotatable bonds is 8. The summed E-state index contributed by atoms with van der Waals surface area (Å²) in [5.41, 5.74) is 2.16. The maximum atomic E-state index is 12.7. The molecule has 3 rings (SSSR count). The number of esters is 1. The minimum absolute atomic E-state index is 0.000781. The van der Waals surface area contributed by atoms with Crippen LogP contribution in [0.4, 0.5) is 5.69 Å². The molecule has 8 heteroatoms. The summed E-state index contributed by atoms with van der Waals surface area (Å²) in [5.74, 6) is -0.725. The molecule has 0 aliphatic heterocycles. The zero-order valence-electron chi connectivity index (χ0n) is 17.8. The van der Waals surface area contributed by atoms with Crippen molar-refractivity contribution in [2.24, 2.45) is 4.99 Å². The number of carboxylic acids is 1. The molecule has 33 heavy (non-hydrogen) atoms. The maximum absolute atomic E-state index is 12.7. The van der Waals surface area contributed by atoms with Gasteiger partial charge in [0.1, 0.15) is 11.5 Å². The molecule has 0 aliphatic carbocycles. The SMILES string of the molecule is CO/C(C(=O)Oc1cccc(C=Nc2ccc(C(=O)O)cc2)c1)=C(/Br)c1cccc(OC)c1. The number of carbonyl (C=O) groups excluding carboxylic acids is 1. The first-order valence-corrected chi connectivity index (χ1v) is 10.5. The first-order valence-electron chi connectivity index (χ1n) is 9.69. The molecule has 0 atom stereocenters. The van der Waals surface area contributed by atoms with Crippen LogP contribution in [0, 0.1) is 0 Å². The van der Waals surface area contributed by atoms with Crippen LogP contribution >= 0.6 is 15.9 Å². The van der Waals surface area contributed by atoms with Crippen molar-refractivity contribution in [2.45, 2.75) is 0 Å². The van der Waals surface area contributed by atoms with Crippen LogP contribution in [0.2, 0.25) is 0 Å². The Kier molecular flexibility index (Phi) is 7.99. The number of carbonyl (C=O) groups is 2. The summed E-state index contributed by atoms with van der Waals surface area (Å²) in [6, 6.07) is 20.1. The number of methoxy groups -OCH3 is 2. The molecular formula is C25H20BrNO6. The predicted molar refractivity (Wildman–Crippen MR) is 129 cm³/mol. The largest absolute Gasteiger partial charge is 0.497 e. The van der Waals surface area contributed by atoms with Crippen molar-refractivity contribution in [3.8, 4) is 11.5 Å². The second-order valence-corrected chi connectivity index (χ2v) is 7.44. The number of hydrogen-bond acceptors (Lipinski definition) is 6. The summed E-state index contributed by atoms with van der Waals surface area (Å²) in [5, 5.41) is 8.96. The second-order valence-electron chi connectivity index (χ2n) is 6.65. The molecule has 0 unspecified atom stereocenters. The zero-order chi connectivity index (χ0) is 23.8. The molecule has 0 fully saturated rings. The zero-order valence-corrected chi connectivity index (χ0v) is 19.4. The van der Waals surface area contributed by atoms with Crippen molar-refractivity contribution in [1.29, 1.82) is 0 Å². The number of carboxylic acid groups (broad SMARTS) is 1. The monoisotopic (exact) mass is 509 g/mol. The van der Waals surface area contributed by atoms with Crippen LogP contribution in [0.1, 0.15) is 21.5 Å². The Balaban J connectivity index is 1.76. The van der Waals surface area contributed by atoms with Crippen LogP contribution in [0.15, 0.2) is 83.5 Å². The molecule has 0 radical (unpaired) electrons. The fourth-order valence-corrected chi connectivity index (χ4v) is 3.37. The number of benzene rings is 3. The van der Waals surface area contributed by atoms with E-state index in [0.717, 1.165) is 0 Å². The van der Waals surface area contributed by atoms with E-state index in [2.05, 4.69) is 20.9 Å². The standard InChI is InChI=1S/C25H20BrNO6/c1-31-20-7-4-6-18(14-20)22(26)23(32-2)25(30)33-21-8-3-5-16(13-21)15-27-19-11-9-17(10-12-19)24(28)29/h3-15H,1-2H3,(H,28,29)/b23-22+,27-15?. The minimum atomic E-state index is -0.998. The number of halogens is 1. The van der Waals surface area contributed by atoms with Crippen LogP contribution < -0.4 is 9.47 Å². The number of aliphatic imine (C=N–C) groups is 1.